The van der Waals surface area contributed by atoms with Crippen LogP contribution in [0.5, 0.6) is 0 Å². The maximum Gasteiger partial charge on any atom is 0.154 e. The largest absolute Gasteiger partial charge is 0.390 e. The van der Waals surface area contributed by atoms with Crippen molar-refractivity contribution in [1.29, 1.82) is 0 Å². The Kier molecular flexibility index (Phi) is 7.77. The van der Waals surface area contributed by atoms with Gasteiger partial charge in [-0.1, -0.05) is 32.4 Å². The van der Waals surface area contributed by atoms with E-state index >= 15 is 0 Å². The number of anilines is 1. The maximum absolute atomic E-state index is 9.53. The van der Waals surface area contributed by atoms with Crippen LogP contribution < -0.4 is 11.1 Å². The zero-order chi connectivity index (χ0) is 24.1. The minimum Gasteiger partial charge on any atom is -0.390 e. The Morgan fingerprint density at radius 2 is 1.97 bits per heavy atom. The molecule has 178 valence electrons. The third-order valence-electron chi connectivity index (χ3n) is 5.81. The van der Waals surface area contributed by atoms with E-state index in [1.165, 1.54) is 0 Å². The molecule has 4 aromatic rings. The number of pyridine rings is 2. The average molecular weight is 479 g/mol. The first-order valence-corrected chi connectivity index (χ1v) is 12.2. The second-order valence-electron chi connectivity index (χ2n) is 8.64. The number of benzene rings is 1. The molecule has 8 heteroatoms. The lowest BCUT2D eigenvalue weighted by molar-refractivity contribution is 0.276. The molecule has 7 nitrogen and oxygen atoms in total. The smallest absolute Gasteiger partial charge is 0.154 e. The Balaban J connectivity index is 1.84. The van der Waals surface area contributed by atoms with E-state index < -0.39 is 0 Å². The quantitative estimate of drug-likeness (QED) is 0.275. The molecule has 0 bridgehead atoms. The Hall–Kier alpha value is -3.00. The number of halogens is 1. The van der Waals surface area contributed by atoms with Crippen molar-refractivity contribution in [2.45, 2.75) is 39.3 Å². The average Bonchev–Trinajstić information content (AvgIpc) is 3.31. The number of nitrogens with one attached hydrogen (secondary N) is 1. The molecule has 0 amide bonds. The number of nitrogens with two attached hydrogens (primary N) is 1. The summed E-state index contributed by atoms with van der Waals surface area (Å²) in [6.07, 6.45) is 3.73. The van der Waals surface area contributed by atoms with Crippen LogP contribution in [0.25, 0.3) is 28.0 Å². The van der Waals surface area contributed by atoms with Crippen LogP contribution in [0.4, 0.5) is 5.69 Å². The number of hydrogen-bond donors (Lipinski definition) is 3. The van der Waals surface area contributed by atoms with Crippen molar-refractivity contribution in [3.8, 4) is 17.1 Å². The fraction of sp³-hybridized carbons (Fsp3) is 0.346. The summed E-state index contributed by atoms with van der Waals surface area (Å²) in [6.45, 7) is 4.84. The summed E-state index contributed by atoms with van der Waals surface area (Å²) in [6, 6.07) is 15.6. The standard InChI is InChI=1S/C26H31ClN6O/c1-3-6-21(28)23-9-5-8-22(32-23)18-11-24(29-14-17(2)13-27)20-15-30-33(25(20)12-18)26-10-4-7-19(16-34)31-26/h4-5,7-12,15,17,21,29,34H,3,6,13-14,16,28H2,1-2H3/t17?,21-/m0/s1. The summed E-state index contributed by atoms with van der Waals surface area (Å²) in [4.78, 5) is 9.42. The van der Waals surface area contributed by atoms with Crippen molar-refractivity contribution in [1.82, 2.24) is 19.7 Å². The van der Waals surface area contributed by atoms with Crippen LogP contribution in [0, 0.1) is 5.92 Å². The summed E-state index contributed by atoms with van der Waals surface area (Å²) in [5, 5.41) is 18.7. The van der Waals surface area contributed by atoms with Gasteiger partial charge in [-0.2, -0.15) is 5.10 Å². The molecule has 2 atom stereocenters. The van der Waals surface area contributed by atoms with Gasteiger partial charge in [0.25, 0.3) is 0 Å². The van der Waals surface area contributed by atoms with Gasteiger partial charge in [0.2, 0.25) is 0 Å². The Morgan fingerprint density at radius 3 is 2.74 bits per heavy atom. The minimum absolute atomic E-state index is 0.0909. The van der Waals surface area contributed by atoms with E-state index in [0.717, 1.165) is 52.9 Å². The number of aliphatic hydroxyl groups is 1. The van der Waals surface area contributed by atoms with Gasteiger partial charge in [-0.3, -0.25) is 4.98 Å². The zero-order valence-electron chi connectivity index (χ0n) is 19.6. The molecule has 3 aromatic heterocycles. The third kappa shape index (κ3) is 5.22. The van der Waals surface area contributed by atoms with Crippen LogP contribution >= 0.6 is 11.6 Å². The summed E-state index contributed by atoms with van der Waals surface area (Å²) in [5.74, 6) is 1.53. The van der Waals surface area contributed by atoms with Crippen LogP contribution in [-0.2, 0) is 6.61 Å². The van der Waals surface area contributed by atoms with E-state index in [-0.39, 0.29) is 12.6 Å². The van der Waals surface area contributed by atoms with Crippen LogP contribution in [0.2, 0.25) is 0 Å². The van der Waals surface area contributed by atoms with Gasteiger partial charge in [-0.05, 0) is 48.7 Å². The number of alkyl halides is 1. The van der Waals surface area contributed by atoms with Crippen molar-refractivity contribution in [2.24, 2.45) is 11.7 Å². The Labute approximate surface area is 205 Å². The molecule has 0 saturated carbocycles. The molecule has 0 aliphatic heterocycles. The molecule has 1 unspecified atom stereocenters. The number of hydrogen-bond acceptors (Lipinski definition) is 6. The molecule has 1 aromatic carbocycles. The molecule has 34 heavy (non-hydrogen) atoms. The SMILES string of the molecule is CCC[C@H](N)c1cccc(-c2cc(NCC(C)CCl)c3cnn(-c4cccc(CO)n4)c3c2)n1. The van der Waals surface area contributed by atoms with Gasteiger partial charge in [0.15, 0.2) is 5.82 Å². The highest BCUT2D eigenvalue weighted by Gasteiger charge is 2.15. The van der Waals surface area contributed by atoms with Crippen molar-refractivity contribution in [3.63, 3.8) is 0 Å². The lowest BCUT2D eigenvalue weighted by Crippen LogP contribution is -2.13. The van der Waals surface area contributed by atoms with E-state index in [1.54, 1.807) is 10.7 Å². The molecular formula is C26H31ClN6O. The lowest BCUT2D eigenvalue weighted by Gasteiger charge is -2.15. The highest BCUT2D eigenvalue weighted by molar-refractivity contribution is 6.18. The number of aliphatic hydroxyl groups excluding tert-OH is 1. The van der Waals surface area contributed by atoms with Crippen molar-refractivity contribution in [2.75, 3.05) is 17.7 Å². The normalized spacial score (nSPS) is 13.2. The van der Waals surface area contributed by atoms with E-state index in [9.17, 15) is 5.11 Å². The summed E-state index contributed by atoms with van der Waals surface area (Å²) in [5.41, 5.74) is 11.5. The van der Waals surface area contributed by atoms with E-state index in [1.807, 2.05) is 36.5 Å². The van der Waals surface area contributed by atoms with Crippen LogP contribution in [0.1, 0.15) is 44.1 Å². The molecule has 0 spiro atoms. The van der Waals surface area contributed by atoms with Gasteiger partial charge in [-0.15, -0.1) is 11.6 Å². The van der Waals surface area contributed by atoms with Crippen LogP contribution in [0.3, 0.4) is 0 Å². The first-order chi connectivity index (χ1) is 16.5. The van der Waals surface area contributed by atoms with Crippen molar-refractivity contribution < 1.29 is 5.11 Å². The number of nitrogens with zero attached hydrogens (tertiary/aromatic N) is 4. The molecule has 0 aliphatic carbocycles. The molecule has 4 N–H and O–H groups in total. The summed E-state index contributed by atoms with van der Waals surface area (Å²) in [7, 11) is 0. The number of aromatic nitrogens is 4. The van der Waals surface area contributed by atoms with E-state index in [4.69, 9.17) is 22.3 Å². The second kappa shape index (κ2) is 11.0. The molecule has 0 radical (unpaired) electrons. The Bertz CT molecular complexity index is 1260. The van der Waals surface area contributed by atoms with Crippen molar-refractivity contribution in [3.05, 3.63) is 66.1 Å². The van der Waals surface area contributed by atoms with Gasteiger partial charge >= 0.3 is 0 Å². The van der Waals surface area contributed by atoms with Gasteiger partial charge in [0, 0.05) is 35.1 Å². The molecule has 0 fully saturated rings. The molecule has 3 heterocycles. The van der Waals surface area contributed by atoms with E-state index in [0.29, 0.717) is 23.3 Å². The first kappa shape index (κ1) is 24.1. The minimum atomic E-state index is -0.129. The lowest BCUT2D eigenvalue weighted by atomic mass is 10.0. The number of fused-ring (bicyclic) bond motifs is 1. The fourth-order valence-electron chi connectivity index (χ4n) is 3.89. The van der Waals surface area contributed by atoms with Gasteiger partial charge in [0.1, 0.15) is 0 Å². The monoisotopic (exact) mass is 478 g/mol. The predicted octanol–water partition coefficient (Wildman–Crippen LogP) is 5.06. The van der Waals surface area contributed by atoms with Gasteiger partial charge in [0.05, 0.1) is 35.4 Å². The second-order valence-corrected chi connectivity index (χ2v) is 8.95. The molecule has 0 saturated heterocycles. The molecular weight excluding hydrogens is 448 g/mol. The highest BCUT2D eigenvalue weighted by atomic mass is 35.5. The molecule has 0 aliphatic rings. The zero-order valence-corrected chi connectivity index (χ0v) is 20.3. The first-order valence-electron chi connectivity index (χ1n) is 11.7. The molecule has 4 rings (SSSR count). The van der Waals surface area contributed by atoms with Gasteiger partial charge in [-0.25, -0.2) is 9.67 Å². The van der Waals surface area contributed by atoms with Crippen LogP contribution in [0.15, 0.2) is 54.7 Å². The number of rotatable bonds is 10. The highest BCUT2D eigenvalue weighted by Crippen LogP contribution is 2.32. The Morgan fingerprint density at radius 1 is 1.15 bits per heavy atom. The third-order valence-corrected chi connectivity index (χ3v) is 6.34. The van der Waals surface area contributed by atoms with E-state index in [2.05, 4.69) is 41.4 Å². The van der Waals surface area contributed by atoms with Gasteiger partial charge < -0.3 is 16.2 Å². The fourth-order valence-corrected chi connectivity index (χ4v) is 4.00. The summed E-state index contributed by atoms with van der Waals surface area (Å²) < 4.78 is 1.79. The van der Waals surface area contributed by atoms with Crippen LogP contribution in [-0.4, -0.2) is 37.3 Å². The summed E-state index contributed by atoms with van der Waals surface area (Å²) >= 11 is 6.04. The van der Waals surface area contributed by atoms with Crippen molar-refractivity contribution >= 4 is 28.2 Å². The maximum atomic E-state index is 9.53. The topological polar surface area (TPSA) is 102 Å². The predicted molar refractivity (Wildman–Crippen MR) is 138 cm³/mol.